The Morgan fingerprint density at radius 3 is 2.60 bits per heavy atom. The van der Waals surface area contributed by atoms with Gasteiger partial charge in [-0.15, -0.1) is 0 Å². The Balaban J connectivity index is 1.86. The molecule has 1 unspecified atom stereocenters. The van der Waals surface area contributed by atoms with Crippen LogP contribution in [0.2, 0.25) is 0 Å². The number of carbonyl (C=O) groups excluding carboxylic acids is 1. The summed E-state index contributed by atoms with van der Waals surface area (Å²) >= 11 is 0. The number of nitrogens with one attached hydrogen (secondary N) is 2. The van der Waals surface area contributed by atoms with Crippen LogP contribution in [0.15, 0.2) is 0 Å². The number of carbonyl (C=O) groups is 1. The summed E-state index contributed by atoms with van der Waals surface area (Å²) in [6, 6.07) is -0.170. The molecule has 0 spiro atoms. The van der Waals surface area contributed by atoms with Gasteiger partial charge in [-0.25, -0.2) is 8.42 Å². The molecule has 2 aliphatic heterocycles. The molecule has 0 aromatic heterocycles. The van der Waals surface area contributed by atoms with Crippen molar-refractivity contribution in [3.05, 3.63) is 0 Å². The zero-order valence-electron chi connectivity index (χ0n) is 8.53. The van der Waals surface area contributed by atoms with E-state index < -0.39 is 9.84 Å². The summed E-state index contributed by atoms with van der Waals surface area (Å²) < 4.78 is 22.7. The number of hydrogen-bond acceptors (Lipinski definition) is 4. The fraction of sp³-hybridized carbons (Fsp3) is 0.889. The fourth-order valence-electron chi connectivity index (χ4n) is 1.93. The minimum Gasteiger partial charge on any atom is -0.352 e. The lowest BCUT2D eigenvalue weighted by molar-refractivity contribution is -0.127. The average molecular weight is 232 g/mol. The van der Waals surface area contributed by atoms with Gasteiger partial charge in [0.25, 0.3) is 0 Å². The second-order valence-electron chi connectivity index (χ2n) is 4.32. The lowest BCUT2D eigenvalue weighted by Crippen LogP contribution is -2.54. The van der Waals surface area contributed by atoms with Crippen molar-refractivity contribution >= 4 is 15.7 Å². The number of rotatable bonds is 2. The molecule has 86 valence electrons. The maximum atomic E-state index is 11.6. The van der Waals surface area contributed by atoms with Crippen LogP contribution in [0.25, 0.3) is 0 Å². The summed E-state index contributed by atoms with van der Waals surface area (Å²) in [6.07, 6.45) is 1.45. The molecule has 0 radical (unpaired) electrons. The van der Waals surface area contributed by atoms with Crippen LogP contribution < -0.4 is 10.6 Å². The maximum absolute atomic E-state index is 11.6. The standard InChI is InChI=1S/C9H16N2O3S/c12-9(7-4-10-5-7)11-8-2-1-3-15(13,14)6-8/h7-8,10H,1-6H2,(H,11,12). The lowest BCUT2D eigenvalue weighted by Gasteiger charge is -2.29. The van der Waals surface area contributed by atoms with Crippen molar-refractivity contribution in [3.8, 4) is 0 Å². The first-order valence-corrected chi connectivity index (χ1v) is 7.10. The normalized spacial score (nSPS) is 30.5. The highest BCUT2D eigenvalue weighted by Crippen LogP contribution is 2.13. The van der Waals surface area contributed by atoms with Crippen LogP contribution >= 0.6 is 0 Å². The van der Waals surface area contributed by atoms with E-state index in [2.05, 4.69) is 10.6 Å². The zero-order valence-corrected chi connectivity index (χ0v) is 9.35. The van der Waals surface area contributed by atoms with E-state index in [0.717, 1.165) is 6.42 Å². The monoisotopic (exact) mass is 232 g/mol. The predicted molar refractivity (Wildman–Crippen MR) is 56.2 cm³/mol. The molecule has 15 heavy (non-hydrogen) atoms. The highest BCUT2D eigenvalue weighted by atomic mass is 32.2. The van der Waals surface area contributed by atoms with E-state index in [9.17, 15) is 13.2 Å². The molecule has 2 aliphatic rings. The molecule has 6 heteroatoms. The van der Waals surface area contributed by atoms with Gasteiger partial charge in [0.2, 0.25) is 5.91 Å². The van der Waals surface area contributed by atoms with Crippen molar-refractivity contribution in [1.29, 1.82) is 0 Å². The van der Waals surface area contributed by atoms with Gasteiger partial charge in [0.15, 0.2) is 9.84 Å². The van der Waals surface area contributed by atoms with Crippen LogP contribution in [0.1, 0.15) is 12.8 Å². The number of hydrogen-bond donors (Lipinski definition) is 2. The molecule has 1 atom stereocenters. The molecule has 2 rings (SSSR count). The van der Waals surface area contributed by atoms with Gasteiger partial charge in [-0.2, -0.15) is 0 Å². The number of sulfone groups is 1. The Labute approximate surface area is 89.5 Å². The molecule has 2 fully saturated rings. The molecule has 0 aromatic carbocycles. The van der Waals surface area contributed by atoms with E-state index in [1.54, 1.807) is 0 Å². The lowest BCUT2D eigenvalue weighted by atomic mass is 10.0. The third-order valence-corrected chi connectivity index (χ3v) is 4.78. The summed E-state index contributed by atoms with van der Waals surface area (Å²) in [7, 11) is -2.92. The molecule has 2 heterocycles. The van der Waals surface area contributed by atoms with Gasteiger partial charge in [0.1, 0.15) is 0 Å². The first-order chi connectivity index (χ1) is 7.07. The van der Waals surface area contributed by atoms with E-state index in [1.165, 1.54) is 0 Å². The minimum atomic E-state index is -2.92. The fourth-order valence-corrected chi connectivity index (χ4v) is 3.57. The smallest absolute Gasteiger partial charge is 0.225 e. The maximum Gasteiger partial charge on any atom is 0.225 e. The number of amides is 1. The van der Waals surface area contributed by atoms with Crippen molar-refractivity contribution in [2.45, 2.75) is 18.9 Å². The van der Waals surface area contributed by atoms with Crippen molar-refractivity contribution < 1.29 is 13.2 Å². The van der Waals surface area contributed by atoms with Crippen LogP contribution in [0.5, 0.6) is 0 Å². The van der Waals surface area contributed by atoms with E-state index in [1.807, 2.05) is 0 Å². The molecule has 0 aliphatic carbocycles. The molecule has 2 N–H and O–H groups in total. The second-order valence-corrected chi connectivity index (χ2v) is 6.55. The van der Waals surface area contributed by atoms with Crippen LogP contribution in [0, 0.1) is 5.92 Å². The van der Waals surface area contributed by atoms with Crippen LogP contribution in [0.4, 0.5) is 0 Å². The van der Waals surface area contributed by atoms with Crippen LogP contribution in [0.3, 0.4) is 0 Å². The Hall–Kier alpha value is -0.620. The minimum absolute atomic E-state index is 0.00384. The molecule has 0 aromatic rings. The predicted octanol–water partition coefficient (Wildman–Crippen LogP) is -1.10. The van der Waals surface area contributed by atoms with E-state index in [0.29, 0.717) is 19.5 Å². The molecule has 1 amide bonds. The van der Waals surface area contributed by atoms with Crippen molar-refractivity contribution in [3.63, 3.8) is 0 Å². The van der Waals surface area contributed by atoms with Gasteiger partial charge in [0.05, 0.1) is 17.4 Å². The molecule has 2 saturated heterocycles. The molecule has 0 saturated carbocycles. The van der Waals surface area contributed by atoms with Gasteiger partial charge in [-0.1, -0.05) is 0 Å². The van der Waals surface area contributed by atoms with Gasteiger partial charge in [0, 0.05) is 19.1 Å². The van der Waals surface area contributed by atoms with Gasteiger partial charge in [-0.3, -0.25) is 4.79 Å². The Morgan fingerprint density at radius 2 is 2.07 bits per heavy atom. The van der Waals surface area contributed by atoms with Crippen LogP contribution in [-0.2, 0) is 14.6 Å². The summed E-state index contributed by atoms with van der Waals surface area (Å²) in [4.78, 5) is 11.6. The van der Waals surface area contributed by atoms with Crippen molar-refractivity contribution in [1.82, 2.24) is 10.6 Å². The Bertz CT molecular complexity index is 348. The van der Waals surface area contributed by atoms with E-state index in [4.69, 9.17) is 0 Å². The highest BCUT2D eigenvalue weighted by molar-refractivity contribution is 7.91. The van der Waals surface area contributed by atoms with Crippen LogP contribution in [-0.4, -0.2) is 45.0 Å². The largest absolute Gasteiger partial charge is 0.352 e. The Morgan fingerprint density at radius 1 is 1.33 bits per heavy atom. The second kappa shape index (κ2) is 4.09. The third kappa shape index (κ3) is 2.69. The quantitative estimate of drug-likeness (QED) is 0.633. The highest BCUT2D eigenvalue weighted by Gasteiger charge is 2.30. The SMILES string of the molecule is O=C(NC1CCCS(=O)(=O)C1)C1CNC1. The molecule has 0 bridgehead atoms. The Kier molecular flexibility index (Phi) is 2.97. The van der Waals surface area contributed by atoms with Gasteiger partial charge < -0.3 is 10.6 Å². The first kappa shape index (κ1) is 10.9. The van der Waals surface area contributed by atoms with Gasteiger partial charge in [-0.05, 0) is 12.8 Å². The third-order valence-electron chi connectivity index (χ3n) is 2.96. The van der Waals surface area contributed by atoms with E-state index >= 15 is 0 Å². The molecule has 5 nitrogen and oxygen atoms in total. The topological polar surface area (TPSA) is 75.3 Å². The summed E-state index contributed by atoms with van der Waals surface area (Å²) in [5.74, 6) is 0.411. The first-order valence-electron chi connectivity index (χ1n) is 5.28. The van der Waals surface area contributed by atoms with Crippen molar-refractivity contribution in [2.75, 3.05) is 24.6 Å². The van der Waals surface area contributed by atoms with Crippen molar-refractivity contribution in [2.24, 2.45) is 5.92 Å². The molecular formula is C9H16N2O3S. The summed E-state index contributed by atoms with van der Waals surface area (Å²) in [5, 5.41) is 5.83. The van der Waals surface area contributed by atoms with Gasteiger partial charge >= 0.3 is 0 Å². The summed E-state index contributed by atoms with van der Waals surface area (Å²) in [6.45, 7) is 1.43. The van der Waals surface area contributed by atoms with E-state index in [-0.39, 0.29) is 29.4 Å². The molecular weight excluding hydrogens is 216 g/mol. The average Bonchev–Trinajstić information content (AvgIpc) is 1.97. The zero-order chi connectivity index (χ0) is 10.9. The summed E-state index contributed by atoms with van der Waals surface area (Å²) in [5.41, 5.74) is 0.